The van der Waals surface area contributed by atoms with Crippen LogP contribution in [0.25, 0.3) is 0 Å². The second-order valence-corrected chi connectivity index (χ2v) is 8.73. The molecule has 0 unspecified atom stereocenters. The average Bonchev–Trinajstić information content (AvgIpc) is 2.63. The third-order valence-electron chi connectivity index (χ3n) is 4.04. The summed E-state index contributed by atoms with van der Waals surface area (Å²) < 4.78 is 20.0. The second kappa shape index (κ2) is 12.1. The molecule has 30 heavy (non-hydrogen) atoms. The van der Waals surface area contributed by atoms with Gasteiger partial charge >= 0.3 is 11.9 Å². The Labute approximate surface area is 190 Å². The van der Waals surface area contributed by atoms with Gasteiger partial charge in [-0.15, -0.1) is 0 Å². The van der Waals surface area contributed by atoms with Crippen LogP contribution in [0.4, 0.5) is 0 Å². The highest BCUT2D eigenvalue weighted by molar-refractivity contribution is 7.83. The fourth-order valence-electron chi connectivity index (χ4n) is 3.01. The summed E-state index contributed by atoms with van der Waals surface area (Å²) in [6.45, 7) is 7.37. The van der Waals surface area contributed by atoms with Crippen molar-refractivity contribution in [2.45, 2.75) is 33.6 Å². The molecule has 0 aromatic heterocycles. The van der Waals surface area contributed by atoms with Crippen molar-refractivity contribution in [3.63, 3.8) is 0 Å². The Morgan fingerprint density at radius 1 is 1.00 bits per heavy atom. The number of allylic oxidation sites excluding steroid dienone is 2. The number of nitrogens with one attached hydrogen (secondary N) is 1. The van der Waals surface area contributed by atoms with Crippen LogP contribution >= 0.6 is 23.2 Å². The lowest BCUT2D eigenvalue weighted by molar-refractivity contribution is -0.139. The first-order valence-corrected chi connectivity index (χ1v) is 12.0. The Kier molecular flexibility index (Phi) is 10.6. The van der Waals surface area contributed by atoms with Crippen molar-refractivity contribution in [3.8, 4) is 0 Å². The molecular weight excluding hydrogens is 449 g/mol. The van der Waals surface area contributed by atoms with E-state index in [-0.39, 0.29) is 18.2 Å². The largest absolute Gasteiger partial charge is 0.463 e. The van der Waals surface area contributed by atoms with Crippen LogP contribution in [0.2, 0.25) is 10.0 Å². The van der Waals surface area contributed by atoms with Crippen molar-refractivity contribution in [2.75, 3.05) is 25.7 Å². The maximum atomic E-state index is 12.7. The highest BCUT2D eigenvalue weighted by Gasteiger charge is 2.39. The quantitative estimate of drug-likeness (QED) is 0.637. The fraction of sp³-hybridized carbons (Fsp3) is 0.429. The summed E-state index contributed by atoms with van der Waals surface area (Å²) in [7, 11) is -0.611. The number of carbonyl (C=O) groups is 2. The molecule has 1 N–H and O–H groups in total. The van der Waals surface area contributed by atoms with Gasteiger partial charge in [0.2, 0.25) is 0 Å². The molecule has 6 nitrogen and oxygen atoms in total. The molecule has 0 radical (unpaired) electrons. The van der Waals surface area contributed by atoms with Gasteiger partial charge in [-0.2, -0.15) is 0 Å². The third-order valence-corrected chi connectivity index (χ3v) is 4.88. The smallest absolute Gasteiger partial charge is 0.336 e. The van der Waals surface area contributed by atoms with E-state index in [0.29, 0.717) is 33.1 Å². The zero-order valence-corrected chi connectivity index (χ0v) is 20.3. The van der Waals surface area contributed by atoms with E-state index in [9.17, 15) is 13.8 Å². The predicted molar refractivity (Wildman–Crippen MR) is 121 cm³/mol. The Bertz CT molecular complexity index is 851. The molecule has 0 bridgehead atoms. The maximum Gasteiger partial charge on any atom is 0.336 e. The van der Waals surface area contributed by atoms with Crippen molar-refractivity contribution in [1.82, 2.24) is 5.32 Å². The van der Waals surface area contributed by atoms with Crippen LogP contribution < -0.4 is 5.32 Å². The van der Waals surface area contributed by atoms with Crippen LogP contribution in [0.3, 0.4) is 0 Å². The van der Waals surface area contributed by atoms with Crippen molar-refractivity contribution in [2.24, 2.45) is 0 Å². The van der Waals surface area contributed by atoms with Crippen LogP contribution in [0, 0.1) is 0 Å². The van der Waals surface area contributed by atoms with Gasteiger partial charge < -0.3 is 14.8 Å². The summed E-state index contributed by atoms with van der Waals surface area (Å²) >= 11 is 12.6. The number of rotatable bonds is 5. The Balaban J connectivity index is 0.00000103. The predicted octanol–water partition coefficient (Wildman–Crippen LogP) is 4.35. The van der Waals surface area contributed by atoms with Gasteiger partial charge in [-0.05, 0) is 39.3 Å². The molecule has 1 aliphatic heterocycles. The lowest BCUT2D eigenvalue weighted by Crippen LogP contribution is -2.32. The van der Waals surface area contributed by atoms with E-state index in [2.05, 4.69) is 5.32 Å². The molecule has 1 aromatic rings. The van der Waals surface area contributed by atoms with Gasteiger partial charge in [0.15, 0.2) is 0 Å². The fourth-order valence-corrected chi connectivity index (χ4v) is 3.42. The number of halogens is 2. The van der Waals surface area contributed by atoms with E-state index >= 15 is 0 Å². The molecule has 1 aliphatic rings. The Hall–Kier alpha value is -1.83. The Morgan fingerprint density at radius 2 is 1.43 bits per heavy atom. The van der Waals surface area contributed by atoms with Crippen LogP contribution in [0.15, 0.2) is 40.7 Å². The number of carbonyl (C=O) groups excluding carboxylic acids is 2. The van der Waals surface area contributed by atoms with E-state index in [0.717, 1.165) is 0 Å². The van der Waals surface area contributed by atoms with E-state index in [1.54, 1.807) is 58.4 Å². The van der Waals surface area contributed by atoms with Crippen LogP contribution in [-0.4, -0.2) is 41.9 Å². The summed E-state index contributed by atoms with van der Waals surface area (Å²) in [5.41, 5.74) is 2.35. The molecule has 0 spiro atoms. The first kappa shape index (κ1) is 26.2. The molecule has 0 fully saturated rings. The molecule has 0 atom stereocenters. The summed E-state index contributed by atoms with van der Waals surface area (Å²) in [6.07, 6.45) is 3.28. The molecule has 166 valence electrons. The normalized spacial score (nSPS) is 14.2. The first-order chi connectivity index (χ1) is 14.1. The zero-order chi connectivity index (χ0) is 23.0. The first-order valence-electron chi connectivity index (χ1n) is 9.28. The van der Waals surface area contributed by atoms with E-state index in [1.165, 1.54) is 0 Å². The summed E-state index contributed by atoms with van der Waals surface area (Å²) in [4.78, 5) is 25.3. The molecular formula is C21H27Cl2NO5S. The lowest BCUT2D eigenvalue weighted by atomic mass is 9.80. The summed E-state index contributed by atoms with van der Waals surface area (Å²) in [5.74, 6) is -1.78. The summed E-state index contributed by atoms with van der Waals surface area (Å²) in [5, 5.41) is 3.69. The summed E-state index contributed by atoms with van der Waals surface area (Å²) in [6, 6.07) is 5.11. The van der Waals surface area contributed by atoms with Gasteiger partial charge in [-0.25, -0.2) is 9.59 Å². The minimum Gasteiger partial charge on any atom is -0.463 e. The number of hydrogen-bond acceptors (Lipinski definition) is 6. The minimum absolute atomic E-state index is 0.211. The van der Waals surface area contributed by atoms with Gasteiger partial charge in [0.1, 0.15) is 0 Å². The molecule has 1 aromatic carbocycles. The SMILES string of the molecule is CCOC(=O)C1=C(C)NC(C)=C(C(=O)OCC)C1c1cccc(Cl)c1Cl.CS(C)=O. The standard InChI is InChI=1S/C19H21Cl2NO4.C2H6OS/c1-5-25-18(23)14-10(3)22-11(4)15(19(24)26-6-2)16(14)12-8-7-9-13(20)17(12)21;1-4(2)3/h7-9,16,22H,5-6H2,1-4H3;1-2H3. The topological polar surface area (TPSA) is 81.7 Å². The molecule has 9 heteroatoms. The van der Waals surface area contributed by atoms with Gasteiger partial charge in [0.25, 0.3) is 0 Å². The Morgan fingerprint density at radius 3 is 1.83 bits per heavy atom. The van der Waals surface area contributed by atoms with E-state index < -0.39 is 28.7 Å². The highest BCUT2D eigenvalue weighted by Crippen LogP contribution is 2.43. The highest BCUT2D eigenvalue weighted by atomic mass is 35.5. The zero-order valence-electron chi connectivity index (χ0n) is 17.9. The number of esters is 2. The molecule has 0 amide bonds. The van der Waals surface area contributed by atoms with Crippen molar-refractivity contribution in [3.05, 3.63) is 56.3 Å². The maximum absolute atomic E-state index is 12.7. The van der Waals surface area contributed by atoms with Crippen molar-refractivity contribution in [1.29, 1.82) is 0 Å². The molecule has 0 aliphatic carbocycles. The van der Waals surface area contributed by atoms with Gasteiger partial charge in [-0.1, -0.05) is 35.3 Å². The monoisotopic (exact) mass is 475 g/mol. The number of benzene rings is 1. The number of hydrogen-bond donors (Lipinski definition) is 1. The average molecular weight is 476 g/mol. The van der Waals surface area contributed by atoms with E-state index in [4.69, 9.17) is 32.7 Å². The van der Waals surface area contributed by atoms with Crippen LogP contribution in [-0.2, 0) is 29.9 Å². The van der Waals surface area contributed by atoms with Crippen LogP contribution in [0.1, 0.15) is 39.2 Å². The second-order valence-electron chi connectivity index (χ2n) is 6.46. The van der Waals surface area contributed by atoms with Gasteiger partial charge in [0.05, 0.1) is 40.3 Å². The number of dihydropyridines is 1. The van der Waals surface area contributed by atoms with Crippen molar-refractivity contribution >= 4 is 45.9 Å². The lowest BCUT2D eigenvalue weighted by Gasteiger charge is -2.31. The van der Waals surface area contributed by atoms with Gasteiger partial charge in [0, 0.05) is 34.7 Å². The molecule has 1 heterocycles. The molecule has 0 saturated carbocycles. The molecule has 0 saturated heterocycles. The van der Waals surface area contributed by atoms with E-state index in [1.807, 2.05) is 0 Å². The van der Waals surface area contributed by atoms with Gasteiger partial charge in [-0.3, -0.25) is 4.21 Å². The molecule has 2 rings (SSSR count). The third kappa shape index (κ3) is 6.59. The van der Waals surface area contributed by atoms with Crippen LogP contribution in [0.5, 0.6) is 0 Å². The number of ether oxygens (including phenoxy) is 2. The van der Waals surface area contributed by atoms with Crippen molar-refractivity contribution < 1.29 is 23.3 Å². The minimum atomic E-state index is -0.736.